The summed E-state index contributed by atoms with van der Waals surface area (Å²) in [6.45, 7) is 4.47. The number of amides is 2. The number of urea groups is 1. The minimum Gasteiger partial charge on any atom is -0.379 e. The van der Waals surface area contributed by atoms with Crippen molar-refractivity contribution in [3.8, 4) is 0 Å². The molecule has 2 fully saturated rings. The van der Waals surface area contributed by atoms with Crippen molar-refractivity contribution in [1.29, 1.82) is 0 Å². The Morgan fingerprint density at radius 3 is 2.38 bits per heavy atom. The average Bonchev–Trinajstić information content (AvgIpc) is 3.35. The molecular formula is C21H27FN4O4S2. The average molecular weight is 483 g/mol. The fraction of sp³-hybridized carbons (Fsp3) is 0.476. The van der Waals surface area contributed by atoms with Crippen LogP contribution in [0, 0.1) is 5.82 Å². The number of halogens is 1. The predicted molar refractivity (Wildman–Crippen MR) is 120 cm³/mol. The second-order valence-corrected chi connectivity index (χ2v) is 10.6. The minimum atomic E-state index is -3.71. The number of ether oxygens (including phenoxy) is 1. The van der Waals surface area contributed by atoms with Gasteiger partial charge >= 0.3 is 6.03 Å². The molecule has 2 aromatic rings. The van der Waals surface area contributed by atoms with Gasteiger partial charge in [0.2, 0.25) is 10.0 Å². The predicted octanol–water partition coefficient (Wildman–Crippen LogP) is 1.98. The number of nitrogens with one attached hydrogen (secondary N) is 1. The Morgan fingerprint density at radius 1 is 1.06 bits per heavy atom. The fourth-order valence-corrected chi connectivity index (χ4v) is 6.25. The molecule has 2 amide bonds. The third kappa shape index (κ3) is 5.29. The molecule has 0 saturated carbocycles. The molecule has 2 saturated heterocycles. The first kappa shape index (κ1) is 23.1. The summed E-state index contributed by atoms with van der Waals surface area (Å²) in [5.41, 5.74) is 0. The monoisotopic (exact) mass is 482 g/mol. The number of morpholine rings is 1. The van der Waals surface area contributed by atoms with Gasteiger partial charge in [0, 0.05) is 50.7 Å². The number of hydrogen-bond donors (Lipinski definition) is 1. The van der Waals surface area contributed by atoms with Gasteiger partial charge in [0.25, 0.3) is 0 Å². The number of carbonyl (C=O) groups is 1. The van der Waals surface area contributed by atoms with E-state index in [1.807, 2.05) is 11.4 Å². The summed E-state index contributed by atoms with van der Waals surface area (Å²) in [4.78, 5) is 18.0. The number of benzene rings is 1. The van der Waals surface area contributed by atoms with Gasteiger partial charge in [0.1, 0.15) is 5.82 Å². The van der Waals surface area contributed by atoms with Crippen LogP contribution in [0.5, 0.6) is 0 Å². The fourth-order valence-electron chi connectivity index (χ4n) is 3.96. The standard InChI is InChI=1S/C21H27FN4O4S2/c22-17-3-5-18(6-4-17)32(28,29)26-9-7-25(8-10-26)21(27)23-16-19(20-2-1-15-31-20)24-11-13-30-14-12-24/h1-6,15,19H,7-14,16H2,(H,23,27)/t19-/m0/s1. The van der Waals surface area contributed by atoms with Crippen molar-refractivity contribution in [2.75, 3.05) is 59.0 Å². The van der Waals surface area contributed by atoms with Gasteiger partial charge < -0.3 is 15.0 Å². The molecule has 0 aliphatic carbocycles. The summed E-state index contributed by atoms with van der Waals surface area (Å²) in [5.74, 6) is -0.483. The zero-order valence-electron chi connectivity index (χ0n) is 17.7. The van der Waals surface area contributed by atoms with Crippen molar-refractivity contribution in [3.63, 3.8) is 0 Å². The van der Waals surface area contributed by atoms with Crippen molar-refractivity contribution >= 4 is 27.4 Å². The first-order valence-corrected chi connectivity index (χ1v) is 12.9. The molecule has 1 atom stereocenters. The number of rotatable bonds is 6. The number of thiophene rings is 1. The number of hydrogen-bond acceptors (Lipinski definition) is 6. The van der Waals surface area contributed by atoms with Crippen LogP contribution in [0.4, 0.5) is 9.18 Å². The van der Waals surface area contributed by atoms with E-state index in [1.54, 1.807) is 16.2 Å². The van der Waals surface area contributed by atoms with Gasteiger partial charge in [0.15, 0.2) is 0 Å². The van der Waals surface area contributed by atoms with Crippen LogP contribution in [0.1, 0.15) is 10.9 Å². The normalized spacial score (nSPS) is 19.6. The second kappa shape index (κ2) is 10.3. The molecule has 0 bridgehead atoms. The lowest BCUT2D eigenvalue weighted by molar-refractivity contribution is 0.0171. The van der Waals surface area contributed by atoms with Gasteiger partial charge in [-0.2, -0.15) is 4.31 Å². The highest BCUT2D eigenvalue weighted by atomic mass is 32.2. The Morgan fingerprint density at radius 2 is 1.75 bits per heavy atom. The van der Waals surface area contributed by atoms with Crippen molar-refractivity contribution in [1.82, 2.24) is 19.4 Å². The molecule has 0 radical (unpaired) electrons. The maximum Gasteiger partial charge on any atom is 0.317 e. The molecule has 2 aliphatic heterocycles. The molecule has 1 aromatic heterocycles. The highest BCUT2D eigenvalue weighted by molar-refractivity contribution is 7.89. The first-order chi connectivity index (χ1) is 15.4. The summed E-state index contributed by atoms with van der Waals surface area (Å²) in [6.07, 6.45) is 0. The van der Waals surface area contributed by atoms with E-state index in [0.29, 0.717) is 32.8 Å². The molecule has 4 rings (SSSR count). The summed E-state index contributed by atoms with van der Waals surface area (Å²) >= 11 is 1.67. The largest absolute Gasteiger partial charge is 0.379 e. The van der Waals surface area contributed by atoms with Gasteiger partial charge in [0.05, 0.1) is 24.2 Å². The molecule has 0 unspecified atom stereocenters. The molecule has 32 heavy (non-hydrogen) atoms. The zero-order valence-corrected chi connectivity index (χ0v) is 19.3. The summed E-state index contributed by atoms with van der Waals surface area (Å²) < 4.78 is 45.5. The van der Waals surface area contributed by atoms with E-state index < -0.39 is 15.8 Å². The lowest BCUT2D eigenvalue weighted by atomic mass is 10.2. The van der Waals surface area contributed by atoms with E-state index in [-0.39, 0.29) is 30.1 Å². The zero-order chi connectivity index (χ0) is 22.6. The van der Waals surface area contributed by atoms with Gasteiger partial charge in [-0.15, -0.1) is 11.3 Å². The maximum absolute atomic E-state index is 13.1. The Bertz CT molecular complexity index is 987. The van der Waals surface area contributed by atoms with Crippen LogP contribution < -0.4 is 5.32 Å². The molecule has 11 heteroatoms. The number of sulfonamides is 1. The van der Waals surface area contributed by atoms with E-state index in [0.717, 1.165) is 25.2 Å². The third-order valence-electron chi connectivity index (χ3n) is 5.78. The van der Waals surface area contributed by atoms with Gasteiger partial charge in [-0.3, -0.25) is 4.90 Å². The topological polar surface area (TPSA) is 82.2 Å². The van der Waals surface area contributed by atoms with Crippen LogP contribution in [0.15, 0.2) is 46.7 Å². The van der Waals surface area contributed by atoms with Crippen LogP contribution in [0.3, 0.4) is 0 Å². The molecule has 8 nitrogen and oxygen atoms in total. The molecule has 3 heterocycles. The third-order valence-corrected chi connectivity index (χ3v) is 8.67. The van der Waals surface area contributed by atoms with Crippen LogP contribution in [-0.4, -0.2) is 87.6 Å². The molecule has 1 aromatic carbocycles. The highest BCUT2D eigenvalue weighted by Gasteiger charge is 2.31. The summed E-state index contributed by atoms with van der Waals surface area (Å²) in [5, 5.41) is 5.06. The van der Waals surface area contributed by atoms with Crippen LogP contribution >= 0.6 is 11.3 Å². The maximum atomic E-state index is 13.1. The van der Waals surface area contributed by atoms with Crippen molar-refractivity contribution in [2.45, 2.75) is 10.9 Å². The SMILES string of the molecule is O=C(NC[C@@H](c1cccs1)N1CCOCC1)N1CCN(S(=O)(=O)c2ccc(F)cc2)CC1. The van der Waals surface area contributed by atoms with E-state index in [4.69, 9.17) is 4.74 Å². The smallest absolute Gasteiger partial charge is 0.317 e. The second-order valence-electron chi connectivity index (χ2n) is 7.71. The first-order valence-electron chi connectivity index (χ1n) is 10.6. The van der Waals surface area contributed by atoms with Gasteiger partial charge in [-0.1, -0.05) is 6.07 Å². The lowest BCUT2D eigenvalue weighted by Crippen LogP contribution is -2.54. The van der Waals surface area contributed by atoms with Crippen LogP contribution in [0.25, 0.3) is 0 Å². The van der Waals surface area contributed by atoms with E-state index in [2.05, 4.69) is 16.3 Å². The van der Waals surface area contributed by atoms with Crippen LogP contribution in [-0.2, 0) is 14.8 Å². The number of nitrogens with zero attached hydrogens (tertiary/aromatic N) is 3. The Hall–Kier alpha value is -2.05. The number of piperazine rings is 1. The quantitative estimate of drug-likeness (QED) is 0.681. The Kier molecular flexibility index (Phi) is 7.41. The molecule has 174 valence electrons. The number of carbonyl (C=O) groups excluding carboxylic acids is 1. The van der Waals surface area contributed by atoms with Crippen molar-refractivity contribution < 1.29 is 22.3 Å². The highest BCUT2D eigenvalue weighted by Crippen LogP contribution is 2.25. The van der Waals surface area contributed by atoms with Gasteiger partial charge in [-0.05, 0) is 35.7 Å². The Labute approximate surface area is 191 Å². The molecular weight excluding hydrogens is 455 g/mol. The van der Waals surface area contributed by atoms with Crippen LogP contribution in [0.2, 0.25) is 0 Å². The van der Waals surface area contributed by atoms with Crippen molar-refractivity contribution in [2.24, 2.45) is 0 Å². The van der Waals surface area contributed by atoms with E-state index in [1.165, 1.54) is 21.3 Å². The Balaban J connectivity index is 1.32. The van der Waals surface area contributed by atoms with Crippen molar-refractivity contribution in [3.05, 3.63) is 52.5 Å². The van der Waals surface area contributed by atoms with E-state index >= 15 is 0 Å². The molecule has 0 spiro atoms. The molecule has 2 aliphatic rings. The summed E-state index contributed by atoms with van der Waals surface area (Å²) in [6, 6.07) is 8.78. The summed E-state index contributed by atoms with van der Waals surface area (Å²) in [7, 11) is -3.71. The van der Waals surface area contributed by atoms with Gasteiger partial charge in [-0.25, -0.2) is 17.6 Å². The lowest BCUT2D eigenvalue weighted by Gasteiger charge is -2.36. The molecule has 1 N–H and O–H groups in total. The van der Waals surface area contributed by atoms with E-state index in [9.17, 15) is 17.6 Å². The minimum absolute atomic E-state index is 0.0566.